The maximum absolute atomic E-state index is 13.6. The molecule has 0 fully saturated rings. The standard InChI is InChI=1S/C25H25BrN8O/c1-3-4-5-20-16-34(24-22(26)11-13-32(24)2)25(35)33(20)15-19-14-27-12-10-21(19)17-6-8-18(9-7-17)23-28-30-31-29-23/h6-14,16H,3-5,15H2,1-2H3,(H,28,29,30,31). The van der Waals surface area contributed by atoms with E-state index in [1.807, 2.05) is 71.2 Å². The van der Waals surface area contributed by atoms with E-state index in [1.54, 1.807) is 10.8 Å². The van der Waals surface area contributed by atoms with Gasteiger partial charge < -0.3 is 4.57 Å². The van der Waals surface area contributed by atoms with Gasteiger partial charge in [0.1, 0.15) is 5.82 Å². The predicted molar refractivity (Wildman–Crippen MR) is 137 cm³/mol. The second kappa shape index (κ2) is 9.83. The number of tetrazole rings is 1. The summed E-state index contributed by atoms with van der Waals surface area (Å²) in [5, 5.41) is 14.2. The monoisotopic (exact) mass is 532 g/mol. The van der Waals surface area contributed by atoms with Gasteiger partial charge in [0.05, 0.1) is 11.0 Å². The fourth-order valence-corrected chi connectivity index (χ4v) is 4.86. The topological polar surface area (TPSA) is 99.2 Å². The number of nitrogens with one attached hydrogen (secondary N) is 1. The van der Waals surface area contributed by atoms with Crippen LogP contribution in [0.15, 0.2) is 70.5 Å². The number of unbranched alkanes of at least 4 members (excludes halogenated alkanes) is 1. The van der Waals surface area contributed by atoms with Gasteiger partial charge >= 0.3 is 5.69 Å². The molecule has 0 spiro atoms. The van der Waals surface area contributed by atoms with E-state index in [1.165, 1.54) is 0 Å². The molecule has 1 aromatic carbocycles. The molecule has 0 amide bonds. The molecule has 1 N–H and O–H groups in total. The number of benzene rings is 1. The van der Waals surface area contributed by atoms with Crippen LogP contribution < -0.4 is 5.69 Å². The van der Waals surface area contributed by atoms with Crippen molar-refractivity contribution >= 4 is 15.9 Å². The number of H-pyrrole nitrogens is 1. The summed E-state index contributed by atoms with van der Waals surface area (Å²) in [7, 11) is 1.94. The average molecular weight is 533 g/mol. The van der Waals surface area contributed by atoms with Gasteiger partial charge in [0, 0.05) is 43.1 Å². The zero-order valence-electron chi connectivity index (χ0n) is 19.5. The van der Waals surface area contributed by atoms with Crippen molar-refractivity contribution in [2.45, 2.75) is 32.7 Å². The summed E-state index contributed by atoms with van der Waals surface area (Å²) in [4.78, 5) is 18.0. The lowest BCUT2D eigenvalue weighted by atomic mass is 10.00. The van der Waals surface area contributed by atoms with E-state index >= 15 is 0 Å². The maximum atomic E-state index is 13.6. The van der Waals surface area contributed by atoms with Crippen LogP contribution in [-0.2, 0) is 20.0 Å². The van der Waals surface area contributed by atoms with Gasteiger partial charge in [0.2, 0.25) is 5.82 Å². The predicted octanol–water partition coefficient (Wildman–Crippen LogP) is 4.37. The Labute approximate surface area is 210 Å². The fraction of sp³-hybridized carbons (Fsp3) is 0.240. The molecule has 9 nitrogen and oxygen atoms in total. The molecule has 0 radical (unpaired) electrons. The van der Waals surface area contributed by atoms with E-state index in [0.717, 1.165) is 57.5 Å². The minimum Gasteiger partial charge on any atom is -0.336 e. The number of aromatic nitrogens is 8. The molecule has 0 aliphatic carbocycles. The van der Waals surface area contributed by atoms with Gasteiger partial charge in [-0.2, -0.15) is 5.21 Å². The molecule has 5 aromatic rings. The Morgan fingerprint density at radius 3 is 2.57 bits per heavy atom. The Balaban J connectivity index is 1.54. The largest absolute Gasteiger partial charge is 0.336 e. The molecule has 35 heavy (non-hydrogen) atoms. The lowest BCUT2D eigenvalue weighted by molar-refractivity contribution is 0.670. The zero-order valence-corrected chi connectivity index (χ0v) is 21.1. The van der Waals surface area contributed by atoms with E-state index in [2.05, 4.69) is 48.5 Å². The van der Waals surface area contributed by atoms with Gasteiger partial charge in [-0.25, -0.2) is 4.79 Å². The van der Waals surface area contributed by atoms with Crippen molar-refractivity contribution in [3.05, 3.63) is 87.4 Å². The van der Waals surface area contributed by atoms with Gasteiger partial charge in [-0.1, -0.05) is 37.6 Å². The van der Waals surface area contributed by atoms with Crippen LogP contribution in [0.4, 0.5) is 0 Å². The number of aromatic amines is 1. The minimum atomic E-state index is -0.0686. The highest BCUT2D eigenvalue weighted by Crippen LogP contribution is 2.27. The SMILES string of the molecule is CCCCc1cn(-c2c(Br)ccn2C)c(=O)n1Cc1cnccc1-c1ccc(-c2nn[nH]n2)cc1. The van der Waals surface area contributed by atoms with Crippen molar-refractivity contribution in [2.24, 2.45) is 7.05 Å². The summed E-state index contributed by atoms with van der Waals surface area (Å²) >= 11 is 3.59. The summed E-state index contributed by atoms with van der Waals surface area (Å²) in [6.07, 6.45) is 10.4. The van der Waals surface area contributed by atoms with Crippen LogP contribution in [0.1, 0.15) is 31.0 Å². The van der Waals surface area contributed by atoms with Gasteiger partial charge in [-0.05, 0) is 62.8 Å². The van der Waals surface area contributed by atoms with Crippen molar-refractivity contribution in [2.75, 3.05) is 0 Å². The molecular weight excluding hydrogens is 508 g/mol. The number of imidazole rings is 1. The first-order chi connectivity index (χ1) is 17.1. The number of halogens is 1. The third-order valence-electron chi connectivity index (χ3n) is 6.10. The Kier molecular flexibility index (Phi) is 6.45. The van der Waals surface area contributed by atoms with Crippen LogP contribution in [0.2, 0.25) is 0 Å². The Bertz CT molecular complexity index is 1480. The summed E-state index contributed by atoms with van der Waals surface area (Å²) in [6.45, 7) is 2.59. The van der Waals surface area contributed by atoms with Gasteiger partial charge in [-0.15, -0.1) is 10.2 Å². The van der Waals surface area contributed by atoms with Crippen molar-refractivity contribution in [3.8, 4) is 28.3 Å². The van der Waals surface area contributed by atoms with Crippen LogP contribution in [0, 0.1) is 0 Å². The quantitative estimate of drug-likeness (QED) is 0.319. The molecule has 0 saturated carbocycles. The van der Waals surface area contributed by atoms with Gasteiger partial charge in [-0.3, -0.25) is 14.1 Å². The third kappa shape index (κ3) is 4.49. The number of aryl methyl sites for hydroxylation is 2. The molecule has 5 rings (SSSR count). The summed E-state index contributed by atoms with van der Waals surface area (Å²) in [5.41, 5.74) is 4.85. The number of rotatable bonds is 8. The van der Waals surface area contributed by atoms with Crippen molar-refractivity contribution in [1.29, 1.82) is 0 Å². The molecule has 0 atom stereocenters. The molecule has 0 aliphatic rings. The molecule has 0 unspecified atom stereocenters. The number of hydrogen-bond acceptors (Lipinski definition) is 5. The number of nitrogens with zero attached hydrogens (tertiary/aromatic N) is 7. The number of hydrogen-bond donors (Lipinski definition) is 1. The van der Waals surface area contributed by atoms with E-state index in [-0.39, 0.29) is 5.69 Å². The highest BCUT2D eigenvalue weighted by Gasteiger charge is 2.18. The van der Waals surface area contributed by atoms with Crippen LogP contribution in [-0.4, -0.2) is 39.3 Å². The van der Waals surface area contributed by atoms with Crippen molar-refractivity contribution < 1.29 is 0 Å². The fourth-order valence-electron chi connectivity index (χ4n) is 4.27. The lowest BCUT2D eigenvalue weighted by Crippen LogP contribution is -2.26. The Hall–Kier alpha value is -3.79. The molecule has 4 aromatic heterocycles. The van der Waals surface area contributed by atoms with Gasteiger partial charge in [0.15, 0.2) is 0 Å². The highest BCUT2D eigenvalue weighted by atomic mass is 79.9. The molecule has 4 heterocycles. The first-order valence-electron chi connectivity index (χ1n) is 11.5. The van der Waals surface area contributed by atoms with E-state index in [4.69, 9.17) is 0 Å². The zero-order chi connectivity index (χ0) is 24.4. The summed E-state index contributed by atoms with van der Waals surface area (Å²) in [6, 6.07) is 11.9. The molecule has 0 bridgehead atoms. The molecule has 0 saturated heterocycles. The van der Waals surface area contributed by atoms with Crippen molar-refractivity contribution in [1.82, 2.24) is 39.3 Å². The van der Waals surface area contributed by atoms with Crippen LogP contribution in [0.3, 0.4) is 0 Å². The van der Waals surface area contributed by atoms with Crippen LogP contribution in [0.5, 0.6) is 0 Å². The smallest absolute Gasteiger partial charge is 0.334 e. The first-order valence-corrected chi connectivity index (χ1v) is 12.3. The summed E-state index contributed by atoms with van der Waals surface area (Å²) in [5.74, 6) is 1.36. The Morgan fingerprint density at radius 2 is 1.89 bits per heavy atom. The molecule has 0 aliphatic heterocycles. The normalized spacial score (nSPS) is 11.3. The minimum absolute atomic E-state index is 0.0686. The number of pyridine rings is 1. The summed E-state index contributed by atoms with van der Waals surface area (Å²) < 4.78 is 6.42. The molecule has 10 heteroatoms. The van der Waals surface area contributed by atoms with Crippen LogP contribution >= 0.6 is 15.9 Å². The highest BCUT2D eigenvalue weighted by molar-refractivity contribution is 9.10. The van der Waals surface area contributed by atoms with Crippen molar-refractivity contribution in [3.63, 3.8) is 0 Å². The van der Waals surface area contributed by atoms with E-state index in [9.17, 15) is 4.79 Å². The van der Waals surface area contributed by atoms with E-state index < -0.39 is 0 Å². The molecule has 178 valence electrons. The molecular formula is C25H25BrN8O. The second-order valence-corrected chi connectivity index (χ2v) is 9.26. The average Bonchev–Trinajstić information content (AvgIpc) is 3.60. The third-order valence-corrected chi connectivity index (χ3v) is 6.72. The van der Waals surface area contributed by atoms with Crippen LogP contribution in [0.25, 0.3) is 28.3 Å². The van der Waals surface area contributed by atoms with E-state index in [0.29, 0.717) is 12.4 Å². The van der Waals surface area contributed by atoms with Gasteiger partial charge in [0.25, 0.3) is 0 Å². The Morgan fingerprint density at radius 1 is 1.09 bits per heavy atom. The second-order valence-electron chi connectivity index (χ2n) is 8.41. The first kappa shape index (κ1) is 23.0. The lowest BCUT2D eigenvalue weighted by Gasteiger charge is -2.12. The maximum Gasteiger partial charge on any atom is 0.334 e.